The van der Waals surface area contributed by atoms with Gasteiger partial charge in [-0.15, -0.1) is 0 Å². The summed E-state index contributed by atoms with van der Waals surface area (Å²) in [5.41, 5.74) is 1.38. The Labute approximate surface area is 374 Å². The van der Waals surface area contributed by atoms with Crippen molar-refractivity contribution in [1.82, 2.24) is 19.7 Å². The maximum absolute atomic E-state index is 8.14. The highest BCUT2D eigenvalue weighted by Crippen LogP contribution is 2.12. The van der Waals surface area contributed by atoms with Crippen molar-refractivity contribution in [2.24, 2.45) is 53.3 Å². The molecule has 1 aliphatic rings. The van der Waals surface area contributed by atoms with Crippen LogP contribution < -0.4 is 0 Å². The van der Waals surface area contributed by atoms with Crippen molar-refractivity contribution in [3.8, 4) is 0 Å². The molecule has 1 saturated heterocycles. The maximum atomic E-state index is 8.14. The van der Waals surface area contributed by atoms with Crippen LogP contribution in [0.2, 0.25) is 0 Å². The zero-order valence-corrected chi connectivity index (χ0v) is 44.7. The van der Waals surface area contributed by atoms with E-state index in [1.165, 1.54) is 76.6 Å². The van der Waals surface area contributed by atoms with E-state index in [9.17, 15) is 0 Å². The van der Waals surface area contributed by atoms with Crippen molar-refractivity contribution in [1.29, 1.82) is 0 Å². The van der Waals surface area contributed by atoms with Gasteiger partial charge in [-0.2, -0.15) is 0 Å². The Hall–Kier alpha value is -1.05. The predicted molar refractivity (Wildman–Crippen MR) is 270 cm³/mol. The minimum absolute atomic E-state index is 0.306. The first-order valence-corrected chi connectivity index (χ1v) is 24.4. The molecule has 0 atom stereocenters. The van der Waals surface area contributed by atoms with Gasteiger partial charge < -0.3 is 19.6 Å². The number of aliphatic hydroxyl groups excluding tert-OH is 1. The summed E-state index contributed by atoms with van der Waals surface area (Å²) in [7, 11) is 8.45. The number of aromatic nitrogens is 1. The Bertz CT molecular complexity index is 829. The molecule has 1 aromatic heterocycles. The molecule has 1 fully saturated rings. The fraction of sp³-hybridized carbons (Fsp3) is 0.906. The third-order valence-corrected chi connectivity index (χ3v) is 8.95. The Morgan fingerprint density at radius 2 is 0.881 bits per heavy atom. The molecule has 0 aromatic carbocycles. The average Bonchev–Trinajstić information content (AvgIpc) is 3.12. The first kappa shape index (κ1) is 67.0. The smallest absolute Gasteiger partial charge is 0.0594 e. The molecule has 0 unspecified atom stereocenters. The monoisotopic (exact) mass is 839 g/mol. The molecule has 2 heterocycles. The van der Waals surface area contributed by atoms with Crippen LogP contribution in [0, 0.1) is 53.3 Å². The first-order chi connectivity index (χ1) is 27.3. The number of ether oxygens (including phenoxy) is 1. The molecule has 0 radical (unpaired) electrons. The highest BCUT2D eigenvalue weighted by atomic mass is 16.5. The van der Waals surface area contributed by atoms with Crippen LogP contribution in [0.1, 0.15) is 182 Å². The predicted octanol–water partition coefficient (Wildman–Crippen LogP) is 14.0. The lowest BCUT2D eigenvalue weighted by molar-refractivity contribution is 0.0360. The largest absolute Gasteiger partial charge is 0.396 e. The van der Waals surface area contributed by atoms with E-state index in [0.717, 1.165) is 80.1 Å². The summed E-state index contributed by atoms with van der Waals surface area (Å²) >= 11 is 0. The van der Waals surface area contributed by atoms with Gasteiger partial charge in [0.15, 0.2) is 0 Å². The summed E-state index contributed by atoms with van der Waals surface area (Å²) in [5, 5.41) is 8.14. The van der Waals surface area contributed by atoms with Crippen molar-refractivity contribution in [3.05, 3.63) is 30.1 Å². The van der Waals surface area contributed by atoms with Crippen LogP contribution in [-0.4, -0.2) is 106 Å². The van der Waals surface area contributed by atoms with Gasteiger partial charge >= 0.3 is 0 Å². The zero-order valence-electron chi connectivity index (χ0n) is 44.7. The van der Waals surface area contributed by atoms with Crippen LogP contribution in [0.25, 0.3) is 0 Å². The molecular formula is C53H114N4O2. The molecule has 358 valence electrons. The van der Waals surface area contributed by atoms with Gasteiger partial charge in [0.05, 0.1) is 13.2 Å². The number of aliphatic hydroxyl groups is 1. The van der Waals surface area contributed by atoms with Crippen molar-refractivity contribution >= 4 is 0 Å². The lowest BCUT2D eigenvalue weighted by Gasteiger charge is -2.26. The maximum Gasteiger partial charge on any atom is 0.0594 e. The highest BCUT2D eigenvalue weighted by Gasteiger charge is 2.09. The molecule has 0 spiro atoms. The van der Waals surface area contributed by atoms with Crippen molar-refractivity contribution in [3.63, 3.8) is 0 Å². The molecule has 0 bridgehead atoms. The van der Waals surface area contributed by atoms with E-state index in [1.807, 2.05) is 26.2 Å². The fourth-order valence-corrected chi connectivity index (χ4v) is 5.34. The second-order valence-corrected chi connectivity index (χ2v) is 21.2. The van der Waals surface area contributed by atoms with E-state index in [0.29, 0.717) is 12.5 Å². The normalized spacial score (nSPS) is 12.8. The van der Waals surface area contributed by atoms with Crippen molar-refractivity contribution in [2.45, 2.75) is 182 Å². The molecular weight excluding hydrogens is 725 g/mol. The number of hydrogen-bond donors (Lipinski definition) is 1. The molecule has 6 nitrogen and oxygen atoms in total. The number of nitrogens with zero attached hydrogens (tertiary/aromatic N) is 4. The second-order valence-electron chi connectivity index (χ2n) is 21.2. The van der Waals surface area contributed by atoms with Gasteiger partial charge in [0.1, 0.15) is 0 Å². The van der Waals surface area contributed by atoms with Gasteiger partial charge in [0, 0.05) is 32.1 Å². The molecule has 1 N–H and O–H groups in total. The van der Waals surface area contributed by atoms with Crippen molar-refractivity contribution < 1.29 is 9.84 Å². The van der Waals surface area contributed by atoms with E-state index in [-0.39, 0.29) is 0 Å². The molecule has 0 amide bonds. The van der Waals surface area contributed by atoms with Crippen LogP contribution in [-0.2, 0) is 11.2 Å². The number of unbranched alkanes of at least 4 members (excludes halogenated alkanes) is 1. The SMILES string of the molecule is CC(C)CC(C)C.CC(C)CCCCC(C)C.CC(C)CCN(C)C.CC(C)CCN(C)C.CC(C)CCN1CCOCC1.CC(C)CO.CC(C)Cc1ccncc1. The molecule has 6 heteroatoms. The highest BCUT2D eigenvalue weighted by molar-refractivity contribution is 5.09. The summed E-state index contributed by atoms with van der Waals surface area (Å²) in [6.07, 6.45) is 15.8. The second kappa shape index (κ2) is 48.0. The van der Waals surface area contributed by atoms with Gasteiger partial charge in [-0.3, -0.25) is 9.88 Å². The van der Waals surface area contributed by atoms with E-state index in [1.54, 1.807) is 0 Å². The Kier molecular flexibility index (Phi) is 54.5. The Morgan fingerprint density at radius 3 is 1.12 bits per heavy atom. The van der Waals surface area contributed by atoms with Gasteiger partial charge in [0.25, 0.3) is 0 Å². The third-order valence-electron chi connectivity index (χ3n) is 8.95. The number of morpholine rings is 1. The minimum atomic E-state index is 0.306. The standard InChI is InChI=1S/C10H22.C9H19NO.C9H13N.2C7H17N.C7H16.C4H10O/c1-9(2)7-5-6-8-10(3)4;1-9(2)3-4-10-5-7-11-8-6-10;1-8(2)7-9-3-5-10-6-4-9;2*1-7(2)5-6-8(3)4;1-6(2)5-7(3)4;1-4(2)3-5/h9-10H,5-8H2,1-4H3;9H,3-8H2,1-2H3;3-6,8H,7H2,1-2H3;2*7H,5-6H2,1-4H3;6-7H,5H2,1-4H3;4-5H,3H2,1-2H3. The number of hydrogen-bond acceptors (Lipinski definition) is 6. The molecule has 59 heavy (non-hydrogen) atoms. The molecule has 2 rings (SSSR count). The Balaban J connectivity index is -0.000000195. The summed E-state index contributed by atoms with van der Waals surface area (Å²) in [5.74, 6) is 7.24. The van der Waals surface area contributed by atoms with Crippen LogP contribution in [0.5, 0.6) is 0 Å². The molecule has 0 saturated carbocycles. The lowest BCUT2D eigenvalue weighted by Crippen LogP contribution is -2.37. The average molecular weight is 840 g/mol. The van der Waals surface area contributed by atoms with Gasteiger partial charge in [0.2, 0.25) is 0 Å². The van der Waals surface area contributed by atoms with Crippen molar-refractivity contribution in [2.75, 3.05) is 80.7 Å². The summed E-state index contributed by atoms with van der Waals surface area (Å²) < 4.78 is 5.26. The van der Waals surface area contributed by atoms with Crippen LogP contribution in [0.15, 0.2) is 24.5 Å². The number of pyridine rings is 1. The van der Waals surface area contributed by atoms with Crippen LogP contribution in [0.3, 0.4) is 0 Å². The van der Waals surface area contributed by atoms with Gasteiger partial charge in [-0.25, -0.2) is 0 Å². The van der Waals surface area contributed by atoms with Crippen LogP contribution in [0.4, 0.5) is 0 Å². The van der Waals surface area contributed by atoms with E-state index >= 15 is 0 Å². The quantitative estimate of drug-likeness (QED) is 0.140. The molecule has 0 aliphatic carbocycles. The number of rotatable bonds is 19. The topological polar surface area (TPSA) is 52.1 Å². The summed E-state index contributed by atoms with van der Waals surface area (Å²) in [4.78, 5) is 10.9. The first-order valence-electron chi connectivity index (χ1n) is 24.4. The van der Waals surface area contributed by atoms with Gasteiger partial charge in [-0.05, 0) is 151 Å². The third kappa shape index (κ3) is 78.0. The molecule has 1 aliphatic heterocycles. The summed E-state index contributed by atoms with van der Waals surface area (Å²) in [6.45, 7) is 48.3. The summed E-state index contributed by atoms with van der Waals surface area (Å²) in [6, 6.07) is 4.14. The fourth-order valence-electron chi connectivity index (χ4n) is 5.34. The zero-order chi connectivity index (χ0) is 46.8. The van der Waals surface area contributed by atoms with E-state index < -0.39 is 0 Å². The Morgan fingerprint density at radius 1 is 0.525 bits per heavy atom. The van der Waals surface area contributed by atoms with E-state index in [2.05, 4.69) is 171 Å². The van der Waals surface area contributed by atoms with Crippen LogP contribution >= 0.6 is 0 Å². The van der Waals surface area contributed by atoms with Gasteiger partial charge in [-0.1, -0.05) is 150 Å². The molecule has 1 aromatic rings. The van der Waals surface area contributed by atoms with E-state index in [4.69, 9.17) is 9.84 Å². The minimum Gasteiger partial charge on any atom is -0.396 e. The lowest BCUT2D eigenvalue weighted by atomic mass is 10.0.